The van der Waals surface area contributed by atoms with E-state index in [1.807, 2.05) is 20.8 Å². The minimum Gasteiger partial charge on any atom is -0.461 e. The number of thioether (sulfide) groups is 1. The fourth-order valence-electron chi connectivity index (χ4n) is 3.27. The maximum Gasteiger partial charge on any atom is 0.410 e. The summed E-state index contributed by atoms with van der Waals surface area (Å²) in [6.45, 7) is 10.6. The molecule has 2 rings (SSSR count). The minimum atomic E-state index is -0.483. The highest BCUT2D eigenvalue weighted by atomic mass is 32.2. The van der Waals surface area contributed by atoms with E-state index >= 15 is 0 Å². The Hall–Kier alpha value is -1.17. The van der Waals surface area contributed by atoms with Crippen LogP contribution in [0, 0.1) is 11.8 Å². The number of hydrogen-bond acceptors (Lipinski definition) is 5. The van der Waals surface area contributed by atoms with E-state index in [9.17, 15) is 9.59 Å². The fraction of sp³-hybridized carbons (Fsp3) is 0.765. The largest absolute Gasteiger partial charge is 0.461 e. The van der Waals surface area contributed by atoms with Gasteiger partial charge in [-0.2, -0.15) is 0 Å². The zero-order valence-corrected chi connectivity index (χ0v) is 15.1. The van der Waals surface area contributed by atoms with E-state index in [0.717, 1.165) is 18.6 Å². The molecule has 3 atom stereocenters. The van der Waals surface area contributed by atoms with E-state index in [4.69, 9.17) is 9.47 Å². The van der Waals surface area contributed by atoms with Crippen molar-refractivity contribution in [1.29, 1.82) is 0 Å². The molecule has 1 heterocycles. The van der Waals surface area contributed by atoms with Crippen molar-refractivity contribution in [3.05, 3.63) is 12.7 Å². The first kappa shape index (κ1) is 18.2. The number of nitrogens with zero attached hydrogens (tertiary/aromatic N) is 1. The van der Waals surface area contributed by atoms with Crippen molar-refractivity contribution in [3.8, 4) is 0 Å². The van der Waals surface area contributed by atoms with E-state index in [0.29, 0.717) is 24.8 Å². The fourth-order valence-corrected chi connectivity index (χ4v) is 3.79. The predicted octanol–water partition coefficient (Wildman–Crippen LogP) is 3.09. The molecule has 2 aliphatic rings. The van der Waals surface area contributed by atoms with E-state index in [2.05, 4.69) is 6.58 Å². The van der Waals surface area contributed by atoms with Gasteiger partial charge in [-0.3, -0.25) is 4.79 Å². The Bertz CT molecular complexity index is 460. The van der Waals surface area contributed by atoms with Gasteiger partial charge in [0.1, 0.15) is 11.7 Å². The first-order valence-corrected chi connectivity index (χ1v) is 9.31. The Morgan fingerprint density at radius 3 is 2.70 bits per heavy atom. The van der Waals surface area contributed by atoms with Crippen molar-refractivity contribution in [1.82, 2.24) is 4.90 Å². The van der Waals surface area contributed by atoms with Gasteiger partial charge in [0.05, 0.1) is 5.75 Å². The standard InChI is InChI=1S/C17H27NO4S/c1-5-8-23-11-15(19)21-14-7-6-12-9-18(10-13(12)14)16(20)22-17(2,3)4/h5,12-14H,1,6-11H2,2-4H3/t12-,13+,14+/m0/s1. The SMILES string of the molecule is C=CCSCC(=O)O[C@@H]1CC[C@H]2CN(C(=O)OC(C)(C)C)C[C@H]21. The summed E-state index contributed by atoms with van der Waals surface area (Å²) in [4.78, 5) is 25.8. The van der Waals surface area contributed by atoms with Gasteiger partial charge in [0, 0.05) is 24.8 Å². The van der Waals surface area contributed by atoms with Gasteiger partial charge in [-0.25, -0.2) is 4.79 Å². The van der Waals surface area contributed by atoms with Gasteiger partial charge < -0.3 is 14.4 Å². The van der Waals surface area contributed by atoms with Crippen LogP contribution < -0.4 is 0 Å². The third-order valence-electron chi connectivity index (χ3n) is 4.18. The van der Waals surface area contributed by atoms with Crippen molar-refractivity contribution in [2.24, 2.45) is 11.8 Å². The van der Waals surface area contributed by atoms with Gasteiger partial charge in [-0.15, -0.1) is 18.3 Å². The van der Waals surface area contributed by atoms with E-state index in [1.165, 1.54) is 11.8 Å². The molecule has 1 saturated heterocycles. The van der Waals surface area contributed by atoms with Crippen LogP contribution in [0.4, 0.5) is 4.79 Å². The first-order valence-electron chi connectivity index (χ1n) is 8.16. The number of esters is 1. The van der Waals surface area contributed by atoms with Crippen molar-refractivity contribution in [3.63, 3.8) is 0 Å². The molecule has 0 N–H and O–H groups in total. The van der Waals surface area contributed by atoms with E-state index in [1.54, 1.807) is 11.0 Å². The van der Waals surface area contributed by atoms with Gasteiger partial charge >= 0.3 is 12.1 Å². The maximum atomic E-state index is 12.2. The minimum absolute atomic E-state index is 0.0655. The number of amides is 1. The molecule has 0 spiro atoms. The van der Waals surface area contributed by atoms with Crippen molar-refractivity contribution in [2.75, 3.05) is 24.6 Å². The van der Waals surface area contributed by atoms with Crippen LogP contribution in [-0.2, 0) is 14.3 Å². The molecule has 2 fully saturated rings. The van der Waals surface area contributed by atoms with Crippen LogP contribution in [0.1, 0.15) is 33.6 Å². The Balaban J connectivity index is 1.83. The summed E-state index contributed by atoms with van der Waals surface area (Å²) < 4.78 is 11.1. The molecule has 0 unspecified atom stereocenters. The first-order chi connectivity index (χ1) is 10.8. The van der Waals surface area contributed by atoms with Crippen molar-refractivity contribution < 1.29 is 19.1 Å². The van der Waals surface area contributed by atoms with Gasteiger partial charge in [0.15, 0.2) is 0 Å². The molecule has 5 nitrogen and oxygen atoms in total. The normalized spacial score (nSPS) is 26.7. The molecule has 0 aromatic heterocycles. The van der Waals surface area contributed by atoms with Gasteiger partial charge in [-0.05, 0) is 39.5 Å². The number of hydrogen-bond donors (Lipinski definition) is 0. The van der Waals surface area contributed by atoms with Crippen LogP contribution in [0.15, 0.2) is 12.7 Å². The van der Waals surface area contributed by atoms with Crippen LogP contribution in [0.3, 0.4) is 0 Å². The molecule has 130 valence electrons. The highest BCUT2D eigenvalue weighted by Crippen LogP contribution is 2.40. The average Bonchev–Trinajstić information content (AvgIpc) is 2.99. The Morgan fingerprint density at radius 2 is 2.04 bits per heavy atom. The lowest BCUT2D eigenvalue weighted by atomic mass is 9.99. The number of ether oxygens (including phenoxy) is 2. The second-order valence-corrected chi connectivity index (χ2v) is 8.25. The third kappa shape index (κ3) is 5.16. The summed E-state index contributed by atoms with van der Waals surface area (Å²) in [5, 5.41) is 0. The molecule has 1 saturated carbocycles. The molecular weight excluding hydrogens is 314 g/mol. The Labute approximate surface area is 142 Å². The smallest absolute Gasteiger partial charge is 0.410 e. The lowest BCUT2D eigenvalue weighted by Gasteiger charge is -2.25. The lowest BCUT2D eigenvalue weighted by molar-refractivity contribution is -0.147. The second-order valence-electron chi connectivity index (χ2n) is 7.22. The Morgan fingerprint density at radius 1 is 1.30 bits per heavy atom. The van der Waals surface area contributed by atoms with Crippen LogP contribution in [0.5, 0.6) is 0 Å². The third-order valence-corrected chi connectivity index (χ3v) is 5.09. The topological polar surface area (TPSA) is 55.8 Å². The van der Waals surface area contributed by atoms with Gasteiger partial charge in [-0.1, -0.05) is 6.08 Å². The molecular formula is C17H27NO4S. The van der Waals surface area contributed by atoms with Crippen molar-refractivity contribution >= 4 is 23.8 Å². The molecule has 1 aliphatic carbocycles. The molecule has 0 bridgehead atoms. The summed E-state index contributed by atoms with van der Waals surface area (Å²) in [6, 6.07) is 0. The van der Waals surface area contributed by atoms with Gasteiger partial charge in [0.25, 0.3) is 0 Å². The van der Waals surface area contributed by atoms with E-state index < -0.39 is 5.60 Å². The number of carbonyl (C=O) groups excluding carboxylic acids is 2. The average molecular weight is 341 g/mol. The molecule has 1 amide bonds. The van der Waals surface area contributed by atoms with Crippen LogP contribution >= 0.6 is 11.8 Å². The number of likely N-dealkylation sites (tertiary alicyclic amines) is 1. The van der Waals surface area contributed by atoms with Crippen LogP contribution in [0.25, 0.3) is 0 Å². The summed E-state index contributed by atoms with van der Waals surface area (Å²) in [6.07, 6.45) is 3.35. The van der Waals surface area contributed by atoms with Crippen LogP contribution in [0.2, 0.25) is 0 Å². The predicted molar refractivity (Wildman–Crippen MR) is 91.4 cm³/mol. The van der Waals surface area contributed by atoms with Crippen molar-refractivity contribution in [2.45, 2.75) is 45.3 Å². The molecule has 0 aromatic rings. The summed E-state index contributed by atoms with van der Waals surface area (Å²) in [5.74, 6) is 1.60. The monoisotopic (exact) mass is 341 g/mol. The molecule has 6 heteroatoms. The quantitative estimate of drug-likeness (QED) is 0.437. The maximum absolute atomic E-state index is 12.2. The number of fused-ring (bicyclic) bond motifs is 1. The Kier molecular flexibility index (Phi) is 6.00. The molecule has 1 aliphatic heterocycles. The highest BCUT2D eigenvalue weighted by Gasteiger charge is 2.46. The molecule has 0 radical (unpaired) electrons. The van der Waals surface area contributed by atoms with Crippen LogP contribution in [-0.4, -0.2) is 53.3 Å². The molecule has 23 heavy (non-hydrogen) atoms. The second kappa shape index (κ2) is 7.60. The van der Waals surface area contributed by atoms with Gasteiger partial charge in [0.2, 0.25) is 0 Å². The summed E-state index contributed by atoms with van der Waals surface area (Å²) in [7, 11) is 0. The zero-order valence-electron chi connectivity index (χ0n) is 14.2. The number of rotatable bonds is 5. The lowest BCUT2D eigenvalue weighted by Crippen LogP contribution is -2.37. The summed E-state index contributed by atoms with van der Waals surface area (Å²) in [5.41, 5.74) is -0.483. The molecule has 0 aromatic carbocycles. The number of carbonyl (C=O) groups is 2. The van der Waals surface area contributed by atoms with E-state index in [-0.39, 0.29) is 24.1 Å². The highest BCUT2D eigenvalue weighted by molar-refractivity contribution is 8.00. The zero-order chi connectivity index (χ0) is 17.0. The summed E-state index contributed by atoms with van der Waals surface area (Å²) >= 11 is 1.50.